The maximum atomic E-state index is 13.0. The molecule has 0 aliphatic carbocycles. The number of rotatable bonds is 9. The molecule has 35 heavy (non-hydrogen) atoms. The lowest BCUT2D eigenvalue weighted by Gasteiger charge is -2.12. The number of ether oxygens (including phenoxy) is 2. The standard InChI is InChI=1S/C21H19ClN6O6S/c1-33-17(29)12-16(18(30)34-2)23-14-9-6-10-15(11-14)35(31,32)28-21-26-19(22)25-20(27-21)24-13-7-4-3-5-8-13/h3-12,23H,1-2H3,(H2,24,25,26,27,28)/b16-12+. The van der Waals surface area contributed by atoms with Crippen LogP contribution in [-0.4, -0.2) is 49.5 Å². The first-order valence-electron chi connectivity index (χ1n) is 9.71. The summed E-state index contributed by atoms with van der Waals surface area (Å²) in [6.45, 7) is 0. The number of anilines is 4. The summed E-state index contributed by atoms with van der Waals surface area (Å²) in [5.74, 6) is -1.96. The average Bonchev–Trinajstić information content (AvgIpc) is 2.83. The van der Waals surface area contributed by atoms with Gasteiger partial charge in [0, 0.05) is 11.4 Å². The molecule has 0 unspecified atom stereocenters. The number of aromatic nitrogens is 3. The molecule has 2 aromatic carbocycles. The van der Waals surface area contributed by atoms with E-state index < -0.39 is 22.0 Å². The van der Waals surface area contributed by atoms with Crippen molar-refractivity contribution in [3.8, 4) is 0 Å². The normalized spacial score (nSPS) is 11.3. The minimum atomic E-state index is -4.19. The van der Waals surface area contributed by atoms with Gasteiger partial charge in [0.2, 0.25) is 17.2 Å². The number of nitrogens with zero attached hydrogens (tertiary/aromatic N) is 3. The lowest BCUT2D eigenvalue weighted by Crippen LogP contribution is -2.17. The van der Waals surface area contributed by atoms with Crippen LogP contribution in [0.4, 0.5) is 23.3 Å². The van der Waals surface area contributed by atoms with Crippen molar-refractivity contribution < 1.29 is 27.5 Å². The van der Waals surface area contributed by atoms with Crippen molar-refractivity contribution in [2.24, 2.45) is 0 Å². The molecule has 3 N–H and O–H groups in total. The Labute approximate surface area is 205 Å². The van der Waals surface area contributed by atoms with E-state index in [9.17, 15) is 18.0 Å². The Morgan fingerprint density at radius 1 is 0.914 bits per heavy atom. The van der Waals surface area contributed by atoms with E-state index >= 15 is 0 Å². The monoisotopic (exact) mass is 518 g/mol. The number of methoxy groups -OCH3 is 2. The number of carbonyl (C=O) groups excluding carboxylic acids is 2. The molecular weight excluding hydrogens is 500 g/mol. The van der Waals surface area contributed by atoms with Crippen molar-refractivity contribution in [1.29, 1.82) is 0 Å². The quantitative estimate of drug-likeness (QED) is 0.282. The Kier molecular flexibility index (Phi) is 8.17. The van der Waals surface area contributed by atoms with Crippen molar-refractivity contribution in [1.82, 2.24) is 15.0 Å². The van der Waals surface area contributed by atoms with Gasteiger partial charge in [-0.05, 0) is 41.9 Å². The van der Waals surface area contributed by atoms with Crippen LogP contribution in [0.25, 0.3) is 0 Å². The summed E-state index contributed by atoms with van der Waals surface area (Å²) in [6, 6.07) is 14.4. The third-order valence-corrected chi connectivity index (χ3v) is 5.65. The highest BCUT2D eigenvalue weighted by Gasteiger charge is 2.19. The number of benzene rings is 2. The Morgan fingerprint density at radius 3 is 2.29 bits per heavy atom. The number of hydrogen-bond donors (Lipinski definition) is 3. The fourth-order valence-corrected chi connectivity index (χ4v) is 3.76. The van der Waals surface area contributed by atoms with E-state index in [-0.39, 0.29) is 33.5 Å². The third-order valence-electron chi connectivity index (χ3n) is 4.16. The van der Waals surface area contributed by atoms with E-state index in [4.69, 9.17) is 11.6 Å². The highest BCUT2D eigenvalue weighted by Crippen LogP contribution is 2.21. The summed E-state index contributed by atoms with van der Waals surface area (Å²) in [5.41, 5.74) is 0.569. The van der Waals surface area contributed by atoms with Crippen molar-refractivity contribution in [2.45, 2.75) is 4.90 Å². The maximum Gasteiger partial charge on any atom is 0.354 e. The molecule has 0 bridgehead atoms. The predicted molar refractivity (Wildman–Crippen MR) is 128 cm³/mol. The molecule has 0 amide bonds. The van der Waals surface area contributed by atoms with Gasteiger partial charge in [0.15, 0.2) is 0 Å². The summed E-state index contributed by atoms with van der Waals surface area (Å²) in [4.78, 5) is 35.1. The molecule has 0 spiro atoms. The number of carbonyl (C=O) groups is 2. The van der Waals surface area contributed by atoms with Crippen LogP contribution < -0.4 is 15.4 Å². The fraction of sp³-hybridized carbons (Fsp3) is 0.0952. The maximum absolute atomic E-state index is 13.0. The average molecular weight is 519 g/mol. The van der Waals surface area contributed by atoms with Crippen LogP contribution in [0, 0.1) is 0 Å². The van der Waals surface area contributed by atoms with Gasteiger partial charge in [0.1, 0.15) is 5.70 Å². The van der Waals surface area contributed by atoms with Crippen LogP contribution >= 0.6 is 11.6 Å². The third kappa shape index (κ3) is 7.12. The van der Waals surface area contributed by atoms with Crippen molar-refractivity contribution in [3.05, 3.63) is 71.7 Å². The summed E-state index contributed by atoms with van der Waals surface area (Å²) >= 11 is 5.94. The zero-order chi connectivity index (χ0) is 25.4. The number of hydrogen-bond acceptors (Lipinski definition) is 11. The van der Waals surface area contributed by atoms with Gasteiger partial charge in [-0.15, -0.1) is 0 Å². The van der Waals surface area contributed by atoms with Crippen molar-refractivity contribution >= 4 is 56.8 Å². The summed E-state index contributed by atoms with van der Waals surface area (Å²) in [7, 11) is -1.92. The largest absolute Gasteiger partial charge is 0.466 e. The molecule has 3 aromatic rings. The highest BCUT2D eigenvalue weighted by atomic mass is 35.5. The first-order valence-corrected chi connectivity index (χ1v) is 11.6. The first-order chi connectivity index (χ1) is 16.7. The zero-order valence-corrected chi connectivity index (χ0v) is 19.9. The summed E-state index contributed by atoms with van der Waals surface area (Å²) in [6.07, 6.45) is 0.874. The second-order valence-corrected chi connectivity index (χ2v) is 8.59. The van der Waals surface area contributed by atoms with E-state index in [1.54, 1.807) is 24.3 Å². The molecule has 0 saturated heterocycles. The van der Waals surface area contributed by atoms with Crippen LogP contribution in [0.1, 0.15) is 0 Å². The predicted octanol–water partition coefficient (Wildman–Crippen LogP) is 2.71. The molecule has 14 heteroatoms. The molecule has 0 radical (unpaired) electrons. The molecule has 0 aliphatic rings. The minimum Gasteiger partial charge on any atom is -0.466 e. The molecule has 0 aliphatic heterocycles. The Hall–Kier alpha value is -4.23. The SMILES string of the molecule is COC(=O)/C=C(/Nc1cccc(S(=O)(=O)Nc2nc(Cl)nc(Nc3ccccc3)n2)c1)C(=O)OC. The van der Waals surface area contributed by atoms with Gasteiger partial charge < -0.3 is 20.1 Å². The number of sulfonamides is 1. The lowest BCUT2D eigenvalue weighted by molar-refractivity contribution is -0.138. The molecule has 1 heterocycles. The van der Waals surface area contributed by atoms with Crippen LogP contribution in [-0.2, 0) is 29.1 Å². The molecule has 182 valence electrons. The van der Waals surface area contributed by atoms with Gasteiger partial charge >= 0.3 is 11.9 Å². The van der Waals surface area contributed by atoms with E-state index in [0.717, 1.165) is 20.3 Å². The van der Waals surface area contributed by atoms with Gasteiger partial charge in [-0.25, -0.2) is 22.7 Å². The van der Waals surface area contributed by atoms with Crippen molar-refractivity contribution in [3.63, 3.8) is 0 Å². The Balaban J connectivity index is 1.84. The highest BCUT2D eigenvalue weighted by molar-refractivity contribution is 7.92. The Bertz CT molecular complexity index is 1370. The second-order valence-electron chi connectivity index (χ2n) is 6.57. The molecular formula is C21H19ClN6O6S. The van der Waals surface area contributed by atoms with E-state index in [1.165, 1.54) is 24.3 Å². The molecule has 0 atom stereocenters. The van der Waals surface area contributed by atoms with Crippen LogP contribution in [0.2, 0.25) is 5.28 Å². The van der Waals surface area contributed by atoms with Gasteiger partial charge in [0.25, 0.3) is 10.0 Å². The van der Waals surface area contributed by atoms with E-state index in [2.05, 4.69) is 39.8 Å². The van der Waals surface area contributed by atoms with Gasteiger partial charge in [-0.3, -0.25) is 0 Å². The molecule has 12 nitrogen and oxygen atoms in total. The molecule has 0 fully saturated rings. The number of halogens is 1. The van der Waals surface area contributed by atoms with E-state index in [0.29, 0.717) is 5.69 Å². The number of para-hydroxylation sites is 1. The van der Waals surface area contributed by atoms with Gasteiger partial charge in [0.05, 0.1) is 25.2 Å². The zero-order valence-electron chi connectivity index (χ0n) is 18.4. The topological polar surface area (TPSA) is 161 Å². The van der Waals surface area contributed by atoms with Crippen LogP contribution in [0.3, 0.4) is 0 Å². The van der Waals surface area contributed by atoms with Crippen LogP contribution in [0.5, 0.6) is 0 Å². The van der Waals surface area contributed by atoms with E-state index in [1.807, 2.05) is 6.07 Å². The minimum absolute atomic E-state index is 0.0278. The Morgan fingerprint density at radius 2 is 1.60 bits per heavy atom. The number of nitrogens with one attached hydrogen (secondary N) is 3. The summed E-state index contributed by atoms with van der Waals surface area (Å²) in [5, 5.41) is 5.30. The summed E-state index contributed by atoms with van der Waals surface area (Å²) < 4.78 is 37.3. The number of esters is 2. The van der Waals surface area contributed by atoms with Gasteiger partial charge in [-0.1, -0.05) is 24.3 Å². The second kappa shape index (κ2) is 11.3. The lowest BCUT2D eigenvalue weighted by atomic mass is 10.3. The first kappa shape index (κ1) is 25.4. The molecule has 0 saturated carbocycles. The molecule has 3 rings (SSSR count). The fourth-order valence-electron chi connectivity index (χ4n) is 2.61. The van der Waals surface area contributed by atoms with Gasteiger partial charge in [-0.2, -0.15) is 15.0 Å². The molecule has 1 aromatic heterocycles. The smallest absolute Gasteiger partial charge is 0.354 e. The van der Waals surface area contributed by atoms with Crippen LogP contribution in [0.15, 0.2) is 71.3 Å². The van der Waals surface area contributed by atoms with Crippen molar-refractivity contribution in [2.75, 3.05) is 29.6 Å².